The lowest BCUT2D eigenvalue weighted by molar-refractivity contribution is -0.117. The molecular formula is C15H19BrN2O2. The fourth-order valence-corrected chi connectivity index (χ4v) is 1.46. The van der Waals surface area contributed by atoms with Crippen molar-refractivity contribution in [2.45, 2.75) is 32.0 Å². The van der Waals surface area contributed by atoms with E-state index in [1.54, 1.807) is 32.0 Å². The molecule has 1 aromatic rings. The SMILES string of the molecule is CC(C)COc1ccc(NC(=O)C(C)(C)Br)cc1C#N. The Morgan fingerprint density at radius 1 is 1.50 bits per heavy atom. The van der Waals surface area contributed by atoms with E-state index < -0.39 is 4.32 Å². The van der Waals surface area contributed by atoms with Gasteiger partial charge in [-0.15, -0.1) is 0 Å². The average Bonchev–Trinajstić information content (AvgIpc) is 2.35. The van der Waals surface area contributed by atoms with Gasteiger partial charge in [0, 0.05) is 5.69 Å². The Morgan fingerprint density at radius 2 is 2.15 bits per heavy atom. The number of rotatable bonds is 5. The lowest BCUT2D eigenvalue weighted by atomic mass is 10.1. The van der Waals surface area contributed by atoms with Gasteiger partial charge in [-0.1, -0.05) is 29.8 Å². The van der Waals surface area contributed by atoms with Crippen LogP contribution in [0.4, 0.5) is 5.69 Å². The van der Waals surface area contributed by atoms with Crippen LogP contribution in [0.2, 0.25) is 0 Å². The van der Waals surface area contributed by atoms with Gasteiger partial charge in [0.1, 0.15) is 11.8 Å². The molecule has 0 radical (unpaired) electrons. The van der Waals surface area contributed by atoms with Crippen LogP contribution in [0.25, 0.3) is 0 Å². The summed E-state index contributed by atoms with van der Waals surface area (Å²) in [5.74, 6) is 0.754. The molecule has 1 N–H and O–H groups in total. The summed E-state index contributed by atoms with van der Waals surface area (Å²) in [6.45, 7) is 8.15. The highest BCUT2D eigenvalue weighted by Crippen LogP contribution is 2.24. The molecule has 1 amide bonds. The molecule has 0 aliphatic rings. The first-order valence-corrected chi connectivity index (χ1v) is 7.20. The molecular weight excluding hydrogens is 320 g/mol. The molecule has 5 heteroatoms. The predicted molar refractivity (Wildman–Crippen MR) is 83.1 cm³/mol. The zero-order chi connectivity index (χ0) is 15.3. The molecule has 0 saturated carbocycles. The van der Waals surface area contributed by atoms with E-state index in [-0.39, 0.29) is 5.91 Å². The highest BCUT2D eigenvalue weighted by Gasteiger charge is 2.23. The molecule has 0 spiro atoms. The standard InChI is InChI=1S/C15H19BrN2O2/c1-10(2)9-20-13-6-5-12(7-11(13)8-17)18-14(19)15(3,4)16/h5-7,10H,9H2,1-4H3,(H,18,19). The molecule has 0 aliphatic heterocycles. The maximum Gasteiger partial charge on any atom is 0.240 e. The van der Waals surface area contributed by atoms with E-state index in [4.69, 9.17) is 10.00 Å². The molecule has 0 aliphatic carbocycles. The first-order chi connectivity index (χ1) is 9.24. The number of ether oxygens (including phenoxy) is 1. The Bertz CT molecular complexity index is 528. The number of carbonyl (C=O) groups excluding carboxylic acids is 1. The van der Waals surface area contributed by atoms with Crippen molar-refractivity contribution in [1.82, 2.24) is 0 Å². The van der Waals surface area contributed by atoms with Gasteiger partial charge in [0.2, 0.25) is 5.91 Å². The normalized spacial score (nSPS) is 11.1. The number of benzene rings is 1. The topological polar surface area (TPSA) is 62.1 Å². The van der Waals surface area contributed by atoms with Crippen LogP contribution in [-0.2, 0) is 4.79 Å². The summed E-state index contributed by atoms with van der Waals surface area (Å²) in [5, 5.41) is 11.9. The van der Waals surface area contributed by atoms with Crippen molar-refractivity contribution in [1.29, 1.82) is 5.26 Å². The molecule has 4 nitrogen and oxygen atoms in total. The number of halogens is 1. The molecule has 0 unspecified atom stereocenters. The van der Waals surface area contributed by atoms with Gasteiger partial charge in [-0.25, -0.2) is 0 Å². The Morgan fingerprint density at radius 3 is 2.65 bits per heavy atom. The van der Waals surface area contributed by atoms with Crippen molar-refractivity contribution < 1.29 is 9.53 Å². The quantitative estimate of drug-likeness (QED) is 0.832. The van der Waals surface area contributed by atoms with Gasteiger partial charge in [-0.2, -0.15) is 5.26 Å². The zero-order valence-electron chi connectivity index (χ0n) is 12.2. The Labute approximate surface area is 128 Å². The number of anilines is 1. The van der Waals surface area contributed by atoms with E-state index in [0.717, 1.165) is 0 Å². The van der Waals surface area contributed by atoms with Crippen molar-refractivity contribution in [3.05, 3.63) is 23.8 Å². The maximum absolute atomic E-state index is 11.9. The fraction of sp³-hybridized carbons (Fsp3) is 0.467. The minimum absolute atomic E-state index is 0.169. The third kappa shape index (κ3) is 4.86. The molecule has 0 heterocycles. The number of hydrogen-bond acceptors (Lipinski definition) is 3. The van der Waals surface area contributed by atoms with E-state index >= 15 is 0 Å². The average molecular weight is 339 g/mol. The van der Waals surface area contributed by atoms with Gasteiger partial charge in [0.05, 0.1) is 16.5 Å². The van der Waals surface area contributed by atoms with Gasteiger partial charge >= 0.3 is 0 Å². The van der Waals surface area contributed by atoms with Gasteiger partial charge < -0.3 is 10.1 Å². The highest BCUT2D eigenvalue weighted by molar-refractivity contribution is 9.10. The van der Waals surface area contributed by atoms with E-state index in [1.807, 2.05) is 13.8 Å². The number of hydrogen-bond donors (Lipinski definition) is 1. The maximum atomic E-state index is 11.9. The van der Waals surface area contributed by atoms with Crippen LogP contribution in [-0.4, -0.2) is 16.8 Å². The van der Waals surface area contributed by atoms with Crippen molar-refractivity contribution in [3.63, 3.8) is 0 Å². The monoisotopic (exact) mass is 338 g/mol. The van der Waals surface area contributed by atoms with Crippen LogP contribution >= 0.6 is 15.9 Å². The van der Waals surface area contributed by atoms with E-state index in [2.05, 4.69) is 27.3 Å². The number of nitrogens with zero attached hydrogens (tertiary/aromatic N) is 1. The third-order valence-corrected chi connectivity index (χ3v) is 2.83. The molecule has 108 valence electrons. The minimum Gasteiger partial charge on any atom is -0.492 e. The molecule has 0 fully saturated rings. The Balaban J connectivity index is 2.88. The molecule has 1 rings (SSSR count). The van der Waals surface area contributed by atoms with E-state index in [1.165, 1.54) is 0 Å². The molecule has 0 aromatic heterocycles. The highest BCUT2D eigenvalue weighted by atomic mass is 79.9. The van der Waals surface area contributed by atoms with Crippen LogP contribution in [0.1, 0.15) is 33.3 Å². The van der Waals surface area contributed by atoms with Crippen molar-refractivity contribution >= 4 is 27.5 Å². The van der Waals surface area contributed by atoms with Crippen LogP contribution in [0.5, 0.6) is 5.75 Å². The van der Waals surface area contributed by atoms with Gasteiger partial charge in [-0.05, 0) is 38.0 Å². The summed E-state index contributed by atoms with van der Waals surface area (Å²) in [5.41, 5.74) is 0.992. The van der Waals surface area contributed by atoms with E-state index in [0.29, 0.717) is 29.5 Å². The Kier molecular flexibility index (Phi) is 5.58. The summed E-state index contributed by atoms with van der Waals surface area (Å²) in [6, 6.07) is 7.14. The molecule has 0 atom stereocenters. The summed E-state index contributed by atoms with van der Waals surface area (Å²) in [7, 11) is 0. The number of nitrogens with one attached hydrogen (secondary N) is 1. The molecule has 20 heavy (non-hydrogen) atoms. The van der Waals surface area contributed by atoms with Gasteiger partial charge in [0.25, 0.3) is 0 Å². The number of alkyl halides is 1. The number of carbonyl (C=O) groups is 1. The van der Waals surface area contributed by atoms with Crippen molar-refractivity contribution in [2.75, 3.05) is 11.9 Å². The number of amides is 1. The first-order valence-electron chi connectivity index (χ1n) is 6.41. The second kappa shape index (κ2) is 6.76. The molecule has 0 bridgehead atoms. The third-order valence-electron chi connectivity index (χ3n) is 2.47. The van der Waals surface area contributed by atoms with Crippen LogP contribution in [0, 0.1) is 17.2 Å². The van der Waals surface area contributed by atoms with Gasteiger partial charge in [0.15, 0.2) is 0 Å². The van der Waals surface area contributed by atoms with Crippen molar-refractivity contribution in [3.8, 4) is 11.8 Å². The van der Waals surface area contributed by atoms with Crippen LogP contribution in [0.3, 0.4) is 0 Å². The Hall–Kier alpha value is -1.54. The summed E-state index contributed by atoms with van der Waals surface area (Å²) in [4.78, 5) is 11.9. The van der Waals surface area contributed by atoms with E-state index in [9.17, 15) is 4.79 Å². The first kappa shape index (κ1) is 16.5. The summed E-state index contributed by atoms with van der Waals surface area (Å²) in [6.07, 6.45) is 0. The summed E-state index contributed by atoms with van der Waals surface area (Å²) >= 11 is 3.29. The smallest absolute Gasteiger partial charge is 0.240 e. The predicted octanol–water partition coefficient (Wildman–Crippen LogP) is 3.71. The zero-order valence-corrected chi connectivity index (χ0v) is 13.7. The largest absolute Gasteiger partial charge is 0.492 e. The van der Waals surface area contributed by atoms with Gasteiger partial charge in [-0.3, -0.25) is 4.79 Å². The van der Waals surface area contributed by atoms with Crippen LogP contribution in [0.15, 0.2) is 18.2 Å². The lowest BCUT2D eigenvalue weighted by Gasteiger charge is -2.16. The van der Waals surface area contributed by atoms with Crippen molar-refractivity contribution in [2.24, 2.45) is 5.92 Å². The van der Waals surface area contributed by atoms with Crippen LogP contribution < -0.4 is 10.1 Å². The molecule has 0 saturated heterocycles. The summed E-state index contributed by atoms with van der Waals surface area (Å²) < 4.78 is 4.91. The second-order valence-electron chi connectivity index (χ2n) is 5.45. The number of nitriles is 1. The lowest BCUT2D eigenvalue weighted by Crippen LogP contribution is -2.30. The molecule has 1 aromatic carbocycles. The fourth-order valence-electron chi connectivity index (χ4n) is 1.36. The second-order valence-corrected chi connectivity index (χ2v) is 7.44. The minimum atomic E-state index is -0.660.